The van der Waals surface area contributed by atoms with Gasteiger partial charge in [-0.25, -0.2) is 8.42 Å². The average Bonchev–Trinajstić information content (AvgIpc) is 2.60. The molecule has 1 saturated carbocycles. The van der Waals surface area contributed by atoms with Crippen LogP contribution in [0.4, 0.5) is 0 Å². The van der Waals surface area contributed by atoms with E-state index in [9.17, 15) is 13.2 Å². The van der Waals surface area contributed by atoms with Crippen LogP contribution in [0.2, 0.25) is 5.02 Å². The summed E-state index contributed by atoms with van der Waals surface area (Å²) < 4.78 is 25.6. The van der Waals surface area contributed by atoms with Crippen LogP contribution in [-0.4, -0.2) is 50.9 Å². The number of hydrogen-bond acceptors (Lipinski definition) is 4. The van der Waals surface area contributed by atoms with Crippen LogP contribution in [0.5, 0.6) is 0 Å². The summed E-state index contributed by atoms with van der Waals surface area (Å²) in [7, 11) is 0.368. The van der Waals surface area contributed by atoms with Crippen molar-refractivity contribution < 1.29 is 18.0 Å². The number of amides is 1. The van der Waals surface area contributed by atoms with Crippen LogP contribution in [0.25, 0.3) is 0 Å². The normalized spacial score (nSPS) is 16.4. The van der Waals surface area contributed by atoms with Crippen molar-refractivity contribution in [3.8, 4) is 0 Å². The first-order valence-corrected chi connectivity index (χ1v) is 9.70. The molecule has 2 rings (SSSR count). The minimum Gasteiger partial charge on any atom is -0.339 e. The molecule has 1 aliphatic carbocycles. The maximum Gasteiger partial charge on any atom is 0.266 e. The van der Waals surface area contributed by atoms with E-state index in [2.05, 4.69) is 0 Å². The SMILES string of the molecule is CON(C)S(=O)(=O)c1cc(C(=O)N(C)C2CCCCC2)ccc1Cl. The number of benzene rings is 1. The van der Waals surface area contributed by atoms with Crippen LogP contribution < -0.4 is 0 Å². The largest absolute Gasteiger partial charge is 0.339 e. The zero-order valence-electron chi connectivity index (χ0n) is 14.2. The fourth-order valence-electron chi connectivity index (χ4n) is 2.91. The van der Waals surface area contributed by atoms with Gasteiger partial charge in [0.2, 0.25) is 0 Å². The highest BCUT2D eigenvalue weighted by Gasteiger charge is 2.27. The zero-order chi connectivity index (χ0) is 17.9. The molecule has 1 fully saturated rings. The van der Waals surface area contributed by atoms with Crippen molar-refractivity contribution in [3.05, 3.63) is 28.8 Å². The molecule has 0 atom stereocenters. The molecule has 0 bridgehead atoms. The highest BCUT2D eigenvalue weighted by Crippen LogP contribution is 2.27. The third-order valence-corrected chi connectivity index (χ3v) is 6.66. The molecule has 0 N–H and O–H groups in total. The van der Waals surface area contributed by atoms with Crippen molar-refractivity contribution in [2.75, 3.05) is 21.2 Å². The molecule has 0 aliphatic heterocycles. The van der Waals surface area contributed by atoms with Crippen molar-refractivity contribution in [1.29, 1.82) is 0 Å². The molecule has 134 valence electrons. The second kappa shape index (κ2) is 7.82. The van der Waals surface area contributed by atoms with E-state index in [0.29, 0.717) is 10.0 Å². The van der Waals surface area contributed by atoms with E-state index in [4.69, 9.17) is 16.4 Å². The lowest BCUT2D eigenvalue weighted by Crippen LogP contribution is -2.38. The van der Waals surface area contributed by atoms with Crippen LogP contribution in [0.15, 0.2) is 23.1 Å². The Morgan fingerprint density at radius 2 is 1.83 bits per heavy atom. The zero-order valence-corrected chi connectivity index (χ0v) is 15.7. The van der Waals surface area contributed by atoms with Crippen LogP contribution in [0.1, 0.15) is 42.5 Å². The molecule has 0 unspecified atom stereocenters. The van der Waals surface area contributed by atoms with Crippen molar-refractivity contribution in [1.82, 2.24) is 9.37 Å². The standard InChI is InChI=1S/C16H23ClN2O4S/c1-18(13-7-5-4-6-8-13)16(20)12-9-10-14(17)15(11-12)24(21,22)19(2)23-3/h9-11,13H,4-8H2,1-3H3. The number of sulfonamides is 1. The van der Waals surface area contributed by atoms with Crippen LogP contribution in [0.3, 0.4) is 0 Å². The predicted octanol–water partition coefficient (Wildman–Crippen LogP) is 2.93. The molecule has 24 heavy (non-hydrogen) atoms. The summed E-state index contributed by atoms with van der Waals surface area (Å²) >= 11 is 6.03. The fourth-order valence-corrected chi connectivity index (χ4v) is 4.38. The van der Waals surface area contributed by atoms with Crippen molar-refractivity contribution >= 4 is 27.5 Å². The van der Waals surface area contributed by atoms with Gasteiger partial charge in [0.25, 0.3) is 15.9 Å². The Hall–Kier alpha value is -1.15. The lowest BCUT2D eigenvalue weighted by molar-refractivity contribution is -0.0258. The van der Waals surface area contributed by atoms with E-state index in [1.54, 1.807) is 18.0 Å². The first-order valence-electron chi connectivity index (χ1n) is 7.88. The third-order valence-electron chi connectivity index (χ3n) is 4.49. The van der Waals surface area contributed by atoms with E-state index in [1.165, 1.54) is 32.7 Å². The molecular formula is C16H23ClN2O4S. The molecule has 0 heterocycles. The number of nitrogens with zero attached hydrogens (tertiary/aromatic N) is 2. The van der Waals surface area contributed by atoms with Gasteiger partial charge in [-0.2, -0.15) is 0 Å². The molecule has 1 aliphatic rings. The summed E-state index contributed by atoms with van der Waals surface area (Å²) in [5.41, 5.74) is 0.301. The van der Waals surface area contributed by atoms with Crippen molar-refractivity contribution in [2.24, 2.45) is 0 Å². The predicted molar refractivity (Wildman–Crippen MR) is 92.4 cm³/mol. The van der Waals surface area contributed by atoms with Crippen LogP contribution in [-0.2, 0) is 14.9 Å². The number of hydrogen-bond donors (Lipinski definition) is 0. The Kier molecular flexibility index (Phi) is 6.25. The molecule has 0 aromatic heterocycles. The van der Waals surface area contributed by atoms with E-state index < -0.39 is 10.0 Å². The van der Waals surface area contributed by atoms with E-state index in [1.807, 2.05) is 0 Å². The number of rotatable bonds is 5. The van der Waals surface area contributed by atoms with Gasteiger partial charge in [-0.15, -0.1) is 0 Å². The maximum absolute atomic E-state index is 12.7. The number of carbonyl (C=O) groups excluding carboxylic acids is 1. The van der Waals surface area contributed by atoms with Gasteiger partial charge in [0.15, 0.2) is 0 Å². The molecule has 0 saturated heterocycles. The Morgan fingerprint density at radius 1 is 1.21 bits per heavy atom. The smallest absolute Gasteiger partial charge is 0.266 e. The monoisotopic (exact) mass is 374 g/mol. The van der Waals surface area contributed by atoms with Crippen LogP contribution in [0, 0.1) is 0 Å². The second-order valence-electron chi connectivity index (χ2n) is 5.95. The fraction of sp³-hybridized carbons (Fsp3) is 0.562. The molecule has 1 aromatic carbocycles. The Labute approximate surface area is 148 Å². The topological polar surface area (TPSA) is 66.9 Å². The molecule has 8 heteroatoms. The molecule has 0 radical (unpaired) electrons. The number of carbonyl (C=O) groups is 1. The van der Waals surface area contributed by atoms with Crippen molar-refractivity contribution in [3.63, 3.8) is 0 Å². The first-order chi connectivity index (χ1) is 11.3. The summed E-state index contributed by atoms with van der Waals surface area (Å²) in [6, 6.07) is 4.49. The van der Waals surface area contributed by atoms with Crippen molar-refractivity contribution in [2.45, 2.75) is 43.0 Å². The van der Waals surface area contributed by atoms with Gasteiger partial charge in [-0.3, -0.25) is 9.63 Å². The van der Waals surface area contributed by atoms with Gasteiger partial charge < -0.3 is 4.90 Å². The lowest BCUT2D eigenvalue weighted by Gasteiger charge is -2.31. The summed E-state index contributed by atoms with van der Waals surface area (Å²) in [4.78, 5) is 19.0. The van der Waals surface area contributed by atoms with Gasteiger partial charge in [0.1, 0.15) is 4.90 Å². The minimum atomic E-state index is -3.92. The Morgan fingerprint density at radius 3 is 2.42 bits per heavy atom. The molecule has 1 amide bonds. The molecular weight excluding hydrogens is 352 g/mol. The van der Waals surface area contributed by atoms with Gasteiger partial charge in [0.05, 0.1) is 12.1 Å². The lowest BCUT2D eigenvalue weighted by atomic mass is 9.94. The van der Waals surface area contributed by atoms with E-state index in [-0.39, 0.29) is 21.9 Å². The van der Waals surface area contributed by atoms with E-state index in [0.717, 1.165) is 25.7 Å². The summed E-state index contributed by atoms with van der Waals surface area (Å²) in [6.45, 7) is 0. The van der Waals surface area contributed by atoms with Crippen LogP contribution >= 0.6 is 11.6 Å². The Bertz CT molecular complexity index is 702. The summed E-state index contributed by atoms with van der Waals surface area (Å²) in [6.07, 6.45) is 5.38. The number of hydroxylamine groups is 1. The number of halogens is 1. The van der Waals surface area contributed by atoms with Gasteiger partial charge >= 0.3 is 0 Å². The Balaban J connectivity index is 2.32. The maximum atomic E-state index is 12.7. The third kappa shape index (κ3) is 3.91. The van der Waals surface area contributed by atoms with Gasteiger partial charge in [0, 0.05) is 25.7 Å². The highest BCUT2D eigenvalue weighted by atomic mass is 35.5. The highest BCUT2D eigenvalue weighted by molar-refractivity contribution is 7.89. The second-order valence-corrected chi connectivity index (χ2v) is 8.26. The minimum absolute atomic E-state index is 0.0516. The first kappa shape index (κ1) is 19.2. The summed E-state index contributed by atoms with van der Waals surface area (Å²) in [5.74, 6) is -0.199. The average molecular weight is 375 g/mol. The summed E-state index contributed by atoms with van der Waals surface area (Å²) in [5, 5.41) is 0.0516. The molecule has 1 aromatic rings. The molecule has 6 nitrogen and oxygen atoms in total. The molecule has 0 spiro atoms. The quantitative estimate of drug-likeness (QED) is 0.743. The van der Waals surface area contributed by atoms with E-state index >= 15 is 0 Å². The van der Waals surface area contributed by atoms with Gasteiger partial charge in [-0.05, 0) is 31.0 Å². The van der Waals surface area contributed by atoms with Gasteiger partial charge in [-0.1, -0.05) is 35.3 Å².